The number of aliphatic hydroxyl groups is 1. The topological polar surface area (TPSA) is 47.3 Å². The van der Waals surface area contributed by atoms with E-state index in [1.807, 2.05) is 10.9 Å². The number of benzene rings is 1. The van der Waals surface area contributed by atoms with E-state index in [2.05, 4.69) is 38.9 Å². The molecule has 1 aromatic carbocycles. The summed E-state index contributed by atoms with van der Waals surface area (Å²) in [5.74, 6) is 5.84. The van der Waals surface area contributed by atoms with Gasteiger partial charge < -0.3 is 9.84 Å². The first kappa shape index (κ1) is 15.2. The van der Waals surface area contributed by atoms with E-state index in [9.17, 15) is 5.11 Å². The fourth-order valence-electron chi connectivity index (χ4n) is 3.76. The van der Waals surface area contributed by atoms with E-state index in [0.29, 0.717) is 6.42 Å². The first-order chi connectivity index (χ1) is 11.1. The summed E-state index contributed by atoms with van der Waals surface area (Å²) in [5.41, 5.74) is 2.06. The highest BCUT2D eigenvalue weighted by Crippen LogP contribution is 2.45. The molecule has 2 atom stereocenters. The average Bonchev–Trinajstić information content (AvgIpc) is 3.11. The summed E-state index contributed by atoms with van der Waals surface area (Å²) in [6.45, 7) is 2.56. The Bertz CT molecular complexity index is 827. The van der Waals surface area contributed by atoms with Crippen molar-refractivity contribution in [2.45, 2.75) is 50.9 Å². The maximum absolute atomic E-state index is 10.9. The lowest BCUT2D eigenvalue weighted by molar-refractivity contribution is -0.0366. The van der Waals surface area contributed by atoms with Crippen LogP contribution in [0, 0.1) is 11.8 Å². The van der Waals surface area contributed by atoms with Crippen LogP contribution in [0.1, 0.15) is 50.0 Å². The molecule has 2 unspecified atom stereocenters. The summed E-state index contributed by atoms with van der Waals surface area (Å²) in [6.07, 6.45) is 6.63. The minimum Gasteiger partial charge on any atom is -0.373 e. The number of hydrogen-bond donors (Lipinski definition) is 1. The highest BCUT2D eigenvalue weighted by molar-refractivity contribution is 9.10. The number of rotatable bonds is 1. The van der Waals surface area contributed by atoms with Crippen LogP contribution in [-0.4, -0.2) is 21.5 Å². The Morgan fingerprint density at radius 1 is 1.48 bits per heavy atom. The third-order valence-corrected chi connectivity index (χ3v) is 5.68. The van der Waals surface area contributed by atoms with Crippen LogP contribution < -0.4 is 0 Å². The van der Waals surface area contributed by atoms with E-state index in [-0.39, 0.29) is 6.23 Å². The van der Waals surface area contributed by atoms with Crippen LogP contribution in [0.25, 0.3) is 10.9 Å². The Morgan fingerprint density at radius 2 is 2.35 bits per heavy atom. The van der Waals surface area contributed by atoms with Gasteiger partial charge in [0.2, 0.25) is 0 Å². The van der Waals surface area contributed by atoms with Gasteiger partial charge in [-0.15, -0.1) is 5.92 Å². The Hall–Kier alpha value is -1.35. The van der Waals surface area contributed by atoms with Gasteiger partial charge in [0.1, 0.15) is 0 Å². The molecule has 0 saturated carbocycles. The molecule has 0 amide bonds. The second kappa shape index (κ2) is 5.62. The molecule has 0 bridgehead atoms. The maximum atomic E-state index is 10.9. The highest BCUT2D eigenvalue weighted by atomic mass is 79.9. The normalized spacial score (nSPS) is 26.8. The van der Waals surface area contributed by atoms with E-state index in [1.165, 1.54) is 6.42 Å². The lowest BCUT2D eigenvalue weighted by Gasteiger charge is -2.24. The molecular weight excluding hydrogens is 356 g/mol. The zero-order chi connectivity index (χ0) is 16.0. The third kappa shape index (κ3) is 2.32. The molecule has 1 fully saturated rings. The smallest absolute Gasteiger partial charge is 0.152 e. The Morgan fingerprint density at radius 3 is 3.09 bits per heavy atom. The summed E-state index contributed by atoms with van der Waals surface area (Å²) in [6, 6.07) is 2.15. The molecule has 1 saturated heterocycles. The molecule has 1 aliphatic carbocycles. The van der Waals surface area contributed by atoms with Crippen molar-refractivity contribution in [2.75, 3.05) is 6.61 Å². The van der Waals surface area contributed by atoms with Gasteiger partial charge in [-0.05, 0) is 66.6 Å². The van der Waals surface area contributed by atoms with E-state index in [4.69, 9.17) is 4.74 Å². The number of halogens is 1. The fraction of sp³-hybridized carbons (Fsp3) is 0.500. The van der Waals surface area contributed by atoms with Crippen molar-refractivity contribution in [1.82, 2.24) is 9.78 Å². The van der Waals surface area contributed by atoms with Gasteiger partial charge >= 0.3 is 0 Å². The van der Waals surface area contributed by atoms with Crippen molar-refractivity contribution >= 4 is 26.8 Å². The van der Waals surface area contributed by atoms with Crippen molar-refractivity contribution < 1.29 is 9.84 Å². The molecular formula is C18H19BrN2O2. The molecule has 120 valence electrons. The van der Waals surface area contributed by atoms with Crippen molar-refractivity contribution in [2.24, 2.45) is 0 Å². The van der Waals surface area contributed by atoms with Crippen molar-refractivity contribution in [3.05, 3.63) is 27.9 Å². The molecule has 1 N–H and O–H groups in total. The minimum atomic E-state index is -1.06. The maximum Gasteiger partial charge on any atom is 0.152 e. The summed E-state index contributed by atoms with van der Waals surface area (Å²) < 4.78 is 8.78. The van der Waals surface area contributed by atoms with Gasteiger partial charge in [0.15, 0.2) is 11.8 Å². The number of aromatic nitrogens is 2. The molecule has 2 aliphatic rings. The molecule has 2 heterocycles. The number of aryl methyl sites for hydroxylation is 1. The van der Waals surface area contributed by atoms with Gasteiger partial charge in [0.05, 0.1) is 11.7 Å². The fourth-order valence-corrected chi connectivity index (χ4v) is 4.65. The second-order valence-corrected chi connectivity index (χ2v) is 7.10. The molecule has 0 spiro atoms. The Balaban J connectivity index is 1.88. The first-order valence-corrected chi connectivity index (χ1v) is 8.90. The molecule has 2 aromatic rings. The van der Waals surface area contributed by atoms with Gasteiger partial charge in [-0.3, -0.25) is 0 Å². The van der Waals surface area contributed by atoms with Gasteiger partial charge in [0.25, 0.3) is 0 Å². The SMILES string of the molecule is CC#CC1(O)CCc2cc3c(cnn3C3CCCCO3)c(Br)c21. The lowest BCUT2D eigenvalue weighted by Crippen LogP contribution is -2.20. The summed E-state index contributed by atoms with van der Waals surface area (Å²) in [4.78, 5) is 0. The van der Waals surface area contributed by atoms with Crippen LogP contribution >= 0.6 is 15.9 Å². The zero-order valence-corrected chi connectivity index (χ0v) is 14.7. The standard InChI is InChI=1S/C18H19BrN2O2/c1-2-7-18(22)8-6-12-10-14-13(17(19)16(12)18)11-20-21(14)15-5-3-4-9-23-15/h10-11,15,22H,3-6,8-9H2,1H3. The van der Waals surface area contributed by atoms with Gasteiger partial charge in [-0.25, -0.2) is 4.68 Å². The Kier molecular flexibility index (Phi) is 3.72. The minimum absolute atomic E-state index is 0.0157. The number of fused-ring (bicyclic) bond motifs is 2. The van der Waals surface area contributed by atoms with Crippen LogP contribution in [0.4, 0.5) is 0 Å². The molecule has 23 heavy (non-hydrogen) atoms. The van der Waals surface area contributed by atoms with E-state index < -0.39 is 5.60 Å². The van der Waals surface area contributed by atoms with E-state index in [0.717, 1.165) is 52.4 Å². The quantitative estimate of drug-likeness (QED) is 0.774. The highest BCUT2D eigenvalue weighted by Gasteiger charge is 2.38. The molecule has 5 heteroatoms. The van der Waals surface area contributed by atoms with E-state index in [1.54, 1.807) is 6.92 Å². The first-order valence-electron chi connectivity index (χ1n) is 8.11. The largest absolute Gasteiger partial charge is 0.373 e. The molecule has 1 aromatic heterocycles. The zero-order valence-electron chi connectivity index (χ0n) is 13.1. The van der Waals surface area contributed by atoms with Crippen LogP contribution in [0.15, 0.2) is 16.7 Å². The van der Waals surface area contributed by atoms with Crippen LogP contribution in [0.5, 0.6) is 0 Å². The van der Waals surface area contributed by atoms with Gasteiger partial charge in [-0.2, -0.15) is 5.10 Å². The van der Waals surface area contributed by atoms with E-state index >= 15 is 0 Å². The summed E-state index contributed by atoms with van der Waals surface area (Å²) in [5, 5.41) is 16.5. The lowest BCUT2D eigenvalue weighted by atomic mass is 9.95. The molecule has 4 rings (SSSR count). The predicted molar refractivity (Wildman–Crippen MR) is 91.9 cm³/mol. The van der Waals surface area contributed by atoms with Crippen molar-refractivity contribution in [3.63, 3.8) is 0 Å². The number of hydrogen-bond acceptors (Lipinski definition) is 3. The third-order valence-electron chi connectivity index (χ3n) is 4.85. The number of ether oxygens (including phenoxy) is 1. The van der Waals surface area contributed by atoms with Crippen LogP contribution in [-0.2, 0) is 16.8 Å². The predicted octanol–water partition coefficient (Wildman–Crippen LogP) is 3.66. The average molecular weight is 375 g/mol. The number of nitrogens with zero attached hydrogens (tertiary/aromatic N) is 2. The molecule has 4 nitrogen and oxygen atoms in total. The summed E-state index contributed by atoms with van der Waals surface area (Å²) in [7, 11) is 0. The second-order valence-electron chi connectivity index (χ2n) is 6.30. The monoisotopic (exact) mass is 374 g/mol. The van der Waals surface area contributed by atoms with Crippen molar-refractivity contribution in [3.8, 4) is 11.8 Å². The molecule has 0 radical (unpaired) electrons. The van der Waals surface area contributed by atoms with Crippen LogP contribution in [0.2, 0.25) is 0 Å². The van der Waals surface area contributed by atoms with Crippen molar-refractivity contribution in [1.29, 1.82) is 0 Å². The van der Waals surface area contributed by atoms with Crippen LogP contribution in [0.3, 0.4) is 0 Å². The molecule has 1 aliphatic heterocycles. The van der Waals surface area contributed by atoms with Gasteiger partial charge in [-0.1, -0.05) is 5.92 Å². The van der Waals surface area contributed by atoms with Gasteiger partial charge in [0, 0.05) is 22.0 Å². The summed E-state index contributed by atoms with van der Waals surface area (Å²) >= 11 is 3.69. The Labute approximate surface area is 143 Å².